The summed E-state index contributed by atoms with van der Waals surface area (Å²) >= 11 is 0. The first-order chi connectivity index (χ1) is 10.2. The van der Waals surface area contributed by atoms with Gasteiger partial charge < -0.3 is 14.8 Å². The van der Waals surface area contributed by atoms with Crippen LogP contribution in [0.1, 0.15) is 57.6 Å². The third-order valence-electron chi connectivity index (χ3n) is 4.40. The molecule has 0 aromatic heterocycles. The summed E-state index contributed by atoms with van der Waals surface area (Å²) in [6, 6.07) is 6.44. The quantitative estimate of drug-likeness (QED) is 0.811. The van der Waals surface area contributed by atoms with Crippen molar-refractivity contribution in [1.29, 1.82) is 0 Å². The van der Waals surface area contributed by atoms with Crippen LogP contribution in [0.3, 0.4) is 0 Å². The van der Waals surface area contributed by atoms with Gasteiger partial charge >= 0.3 is 0 Å². The Morgan fingerprint density at radius 1 is 1.24 bits per heavy atom. The van der Waals surface area contributed by atoms with Crippen molar-refractivity contribution in [2.75, 3.05) is 20.3 Å². The first-order valence-electron chi connectivity index (χ1n) is 8.28. The first kappa shape index (κ1) is 16.2. The summed E-state index contributed by atoms with van der Waals surface area (Å²) in [5, 5.41) is 3.46. The normalized spacial score (nSPS) is 17.5. The summed E-state index contributed by atoms with van der Waals surface area (Å²) < 4.78 is 11.5. The Morgan fingerprint density at radius 3 is 2.67 bits per heavy atom. The van der Waals surface area contributed by atoms with E-state index in [2.05, 4.69) is 25.2 Å². The molecule has 0 bridgehead atoms. The zero-order valence-corrected chi connectivity index (χ0v) is 13.7. The summed E-state index contributed by atoms with van der Waals surface area (Å²) in [7, 11) is 1.70. The summed E-state index contributed by atoms with van der Waals surface area (Å²) in [5.74, 6) is 2.54. The van der Waals surface area contributed by atoms with Crippen LogP contribution in [-0.2, 0) is 0 Å². The predicted octanol–water partition coefficient (Wildman–Crippen LogP) is 4.32. The van der Waals surface area contributed by atoms with Crippen LogP contribution in [0.5, 0.6) is 11.5 Å². The van der Waals surface area contributed by atoms with Gasteiger partial charge in [0, 0.05) is 17.7 Å². The third kappa shape index (κ3) is 4.63. The maximum absolute atomic E-state index is 6.17. The fraction of sp³-hybridized carbons (Fsp3) is 0.667. The van der Waals surface area contributed by atoms with E-state index in [9.17, 15) is 0 Å². The van der Waals surface area contributed by atoms with E-state index in [-0.39, 0.29) is 0 Å². The molecule has 1 atom stereocenters. The van der Waals surface area contributed by atoms with E-state index in [1.807, 2.05) is 12.1 Å². The minimum absolute atomic E-state index is 0.294. The molecular formula is C18H29NO2. The van der Waals surface area contributed by atoms with E-state index in [1.54, 1.807) is 7.11 Å². The average Bonchev–Trinajstić information content (AvgIpc) is 2.53. The Morgan fingerprint density at radius 2 is 2.00 bits per heavy atom. The van der Waals surface area contributed by atoms with Crippen LogP contribution >= 0.6 is 0 Å². The van der Waals surface area contributed by atoms with Gasteiger partial charge in [-0.1, -0.05) is 32.3 Å². The molecule has 2 rings (SSSR count). The molecule has 3 heteroatoms. The van der Waals surface area contributed by atoms with E-state index in [1.165, 1.54) is 37.7 Å². The summed E-state index contributed by atoms with van der Waals surface area (Å²) in [5.41, 5.74) is 1.22. The fourth-order valence-electron chi connectivity index (χ4n) is 3.10. The fourth-order valence-corrected chi connectivity index (χ4v) is 3.10. The standard InChI is InChI=1S/C18H29NO2/c1-4-19-14(2)17-11-10-16(20-3)12-18(17)21-13-15-8-6-5-7-9-15/h10-12,14-15,19H,4-9,13H2,1-3H3. The Kier molecular flexibility index (Phi) is 6.37. The third-order valence-corrected chi connectivity index (χ3v) is 4.40. The molecule has 3 nitrogen and oxygen atoms in total. The zero-order chi connectivity index (χ0) is 15.1. The number of hydrogen-bond donors (Lipinski definition) is 1. The van der Waals surface area contributed by atoms with Crippen molar-refractivity contribution in [3.63, 3.8) is 0 Å². The number of benzene rings is 1. The van der Waals surface area contributed by atoms with Crippen molar-refractivity contribution in [1.82, 2.24) is 5.32 Å². The number of methoxy groups -OCH3 is 1. The number of hydrogen-bond acceptors (Lipinski definition) is 3. The highest BCUT2D eigenvalue weighted by atomic mass is 16.5. The van der Waals surface area contributed by atoms with Crippen molar-refractivity contribution < 1.29 is 9.47 Å². The molecule has 0 aliphatic heterocycles. The Balaban J connectivity index is 2.06. The lowest BCUT2D eigenvalue weighted by atomic mass is 9.90. The van der Waals surface area contributed by atoms with Crippen molar-refractivity contribution in [3.8, 4) is 11.5 Å². The van der Waals surface area contributed by atoms with Crippen LogP contribution in [0.25, 0.3) is 0 Å². The molecule has 1 unspecified atom stereocenters. The molecular weight excluding hydrogens is 262 g/mol. The van der Waals surface area contributed by atoms with Crippen molar-refractivity contribution >= 4 is 0 Å². The molecule has 1 aliphatic rings. The molecule has 21 heavy (non-hydrogen) atoms. The van der Waals surface area contributed by atoms with Gasteiger partial charge in [0.15, 0.2) is 0 Å². The topological polar surface area (TPSA) is 30.5 Å². The van der Waals surface area contributed by atoms with Gasteiger partial charge in [0.25, 0.3) is 0 Å². The van der Waals surface area contributed by atoms with Crippen molar-refractivity contribution in [2.45, 2.75) is 52.0 Å². The van der Waals surface area contributed by atoms with E-state index in [4.69, 9.17) is 9.47 Å². The number of nitrogens with one attached hydrogen (secondary N) is 1. The predicted molar refractivity (Wildman–Crippen MR) is 87.2 cm³/mol. The maximum atomic E-state index is 6.17. The molecule has 0 amide bonds. The molecule has 0 radical (unpaired) electrons. The van der Waals surface area contributed by atoms with Crippen LogP contribution in [0.4, 0.5) is 0 Å². The zero-order valence-electron chi connectivity index (χ0n) is 13.7. The van der Waals surface area contributed by atoms with Crippen LogP contribution in [0.2, 0.25) is 0 Å². The number of ether oxygens (including phenoxy) is 2. The monoisotopic (exact) mass is 291 g/mol. The highest BCUT2D eigenvalue weighted by Crippen LogP contribution is 2.31. The molecule has 1 N–H and O–H groups in total. The van der Waals surface area contributed by atoms with Crippen LogP contribution < -0.4 is 14.8 Å². The van der Waals surface area contributed by atoms with Gasteiger partial charge in [-0.25, -0.2) is 0 Å². The van der Waals surface area contributed by atoms with Gasteiger partial charge in [0.1, 0.15) is 11.5 Å². The Bertz CT molecular complexity index is 427. The molecule has 1 aromatic rings. The molecule has 1 aromatic carbocycles. The summed E-state index contributed by atoms with van der Waals surface area (Å²) in [6.45, 7) is 6.09. The largest absolute Gasteiger partial charge is 0.497 e. The summed E-state index contributed by atoms with van der Waals surface area (Å²) in [6.07, 6.45) is 6.71. The molecule has 0 heterocycles. The second kappa shape index (κ2) is 8.28. The molecule has 118 valence electrons. The molecule has 0 saturated heterocycles. The molecule has 1 saturated carbocycles. The molecule has 1 aliphatic carbocycles. The van der Waals surface area contributed by atoms with E-state index >= 15 is 0 Å². The maximum Gasteiger partial charge on any atom is 0.127 e. The second-order valence-electron chi connectivity index (χ2n) is 6.00. The lowest BCUT2D eigenvalue weighted by Gasteiger charge is -2.24. The van der Waals surface area contributed by atoms with Gasteiger partial charge in [-0.3, -0.25) is 0 Å². The van der Waals surface area contributed by atoms with Gasteiger partial charge in [-0.15, -0.1) is 0 Å². The lowest BCUT2D eigenvalue weighted by Crippen LogP contribution is -2.20. The van der Waals surface area contributed by atoms with Gasteiger partial charge in [0.2, 0.25) is 0 Å². The highest BCUT2D eigenvalue weighted by Gasteiger charge is 2.17. The second-order valence-corrected chi connectivity index (χ2v) is 6.00. The van der Waals surface area contributed by atoms with E-state index in [0.717, 1.165) is 24.7 Å². The first-order valence-corrected chi connectivity index (χ1v) is 8.28. The van der Waals surface area contributed by atoms with E-state index in [0.29, 0.717) is 12.0 Å². The van der Waals surface area contributed by atoms with Crippen LogP contribution in [-0.4, -0.2) is 20.3 Å². The van der Waals surface area contributed by atoms with Gasteiger partial charge in [0.05, 0.1) is 13.7 Å². The van der Waals surface area contributed by atoms with Crippen molar-refractivity contribution in [2.24, 2.45) is 5.92 Å². The summed E-state index contributed by atoms with van der Waals surface area (Å²) in [4.78, 5) is 0. The Labute approximate surface area is 129 Å². The molecule has 1 fully saturated rings. The average molecular weight is 291 g/mol. The smallest absolute Gasteiger partial charge is 0.127 e. The Hall–Kier alpha value is -1.22. The van der Waals surface area contributed by atoms with Gasteiger partial charge in [-0.05, 0) is 38.3 Å². The van der Waals surface area contributed by atoms with Crippen molar-refractivity contribution in [3.05, 3.63) is 23.8 Å². The van der Waals surface area contributed by atoms with Gasteiger partial charge in [-0.2, -0.15) is 0 Å². The lowest BCUT2D eigenvalue weighted by molar-refractivity contribution is 0.206. The minimum Gasteiger partial charge on any atom is -0.497 e. The van der Waals surface area contributed by atoms with E-state index < -0.39 is 0 Å². The SMILES string of the molecule is CCNC(C)c1ccc(OC)cc1OCC1CCCCC1. The highest BCUT2D eigenvalue weighted by molar-refractivity contribution is 5.42. The minimum atomic E-state index is 0.294. The number of rotatable bonds is 7. The molecule has 0 spiro atoms. The van der Waals surface area contributed by atoms with Crippen LogP contribution in [0.15, 0.2) is 18.2 Å². The van der Waals surface area contributed by atoms with Crippen LogP contribution in [0, 0.1) is 5.92 Å².